The second-order valence-electron chi connectivity index (χ2n) is 6.48. The minimum absolute atomic E-state index is 0.102. The maximum absolute atomic E-state index is 14.1. The van der Waals surface area contributed by atoms with E-state index in [4.69, 9.17) is 0 Å². The molecule has 1 aliphatic carbocycles. The van der Waals surface area contributed by atoms with Crippen molar-refractivity contribution in [1.29, 1.82) is 0 Å². The lowest BCUT2D eigenvalue weighted by Crippen LogP contribution is -2.50. The first-order valence-corrected chi connectivity index (χ1v) is 7.21. The smallest absolute Gasteiger partial charge is 0.260 e. The Bertz CT molecular complexity index is 420. The molecule has 0 aromatic rings. The van der Waals surface area contributed by atoms with Gasteiger partial charge in [-0.3, -0.25) is 9.59 Å². The molecule has 3 rings (SSSR count). The average molecular weight is 268 g/mol. The van der Waals surface area contributed by atoms with Gasteiger partial charge < -0.3 is 9.80 Å². The molecular formula is C14H21FN2O2. The van der Waals surface area contributed by atoms with E-state index in [0.29, 0.717) is 32.5 Å². The van der Waals surface area contributed by atoms with E-state index in [1.54, 1.807) is 4.90 Å². The standard InChI is InChI=1S/C14H21FN2O2/c1-9(2)17-7-10-6-16(8-11(10)12(17)18)13(19)14(15)4-3-5-14/h9-11H,3-8H2,1-2H3/t10-,11-/m0/s1. The van der Waals surface area contributed by atoms with Crippen LogP contribution < -0.4 is 0 Å². The van der Waals surface area contributed by atoms with Gasteiger partial charge in [0.15, 0.2) is 5.67 Å². The number of likely N-dealkylation sites (tertiary alicyclic amines) is 2. The van der Waals surface area contributed by atoms with Gasteiger partial charge in [-0.2, -0.15) is 0 Å². The van der Waals surface area contributed by atoms with E-state index in [9.17, 15) is 14.0 Å². The molecule has 0 aromatic carbocycles. The molecule has 2 aliphatic heterocycles. The fraction of sp³-hybridized carbons (Fsp3) is 0.857. The van der Waals surface area contributed by atoms with Gasteiger partial charge >= 0.3 is 0 Å². The minimum Gasteiger partial charge on any atom is -0.340 e. The Morgan fingerprint density at radius 3 is 2.47 bits per heavy atom. The van der Waals surface area contributed by atoms with E-state index >= 15 is 0 Å². The summed E-state index contributed by atoms with van der Waals surface area (Å²) in [5.74, 6) is -0.147. The van der Waals surface area contributed by atoms with E-state index in [2.05, 4.69) is 0 Å². The Kier molecular flexibility index (Phi) is 2.84. The Hall–Kier alpha value is -1.13. The van der Waals surface area contributed by atoms with E-state index in [0.717, 1.165) is 6.42 Å². The van der Waals surface area contributed by atoms with Crippen molar-refractivity contribution in [2.45, 2.75) is 44.8 Å². The molecule has 0 bridgehead atoms. The number of hydrogen-bond acceptors (Lipinski definition) is 2. The van der Waals surface area contributed by atoms with Gasteiger partial charge in [0.05, 0.1) is 5.92 Å². The predicted octanol–water partition coefficient (Wildman–Crippen LogP) is 1.20. The number of nitrogens with zero attached hydrogens (tertiary/aromatic N) is 2. The zero-order valence-corrected chi connectivity index (χ0v) is 11.6. The summed E-state index contributed by atoms with van der Waals surface area (Å²) in [6.45, 7) is 5.69. The lowest BCUT2D eigenvalue weighted by molar-refractivity contribution is -0.149. The van der Waals surface area contributed by atoms with Gasteiger partial charge in [0.2, 0.25) is 5.91 Å². The lowest BCUT2D eigenvalue weighted by atomic mass is 9.81. The monoisotopic (exact) mass is 268 g/mol. The molecule has 0 unspecified atom stereocenters. The van der Waals surface area contributed by atoms with Crippen LogP contribution in [0.5, 0.6) is 0 Å². The van der Waals surface area contributed by atoms with Crippen molar-refractivity contribution in [3.05, 3.63) is 0 Å². The Balaban J connectivity index is 1.67. The highest BCUT2D eigenvalue weighted by atomic mass is 19.1. The predicted molar refractivity (Wildman–Crippen MR) is 68.1 cm³/mol. The van der Waals surface area contributed by atoms with Crippen molar-refractivity contribution in [2.24, 2.45) is 11.8 Å². The largest absolute Gasteiger partial charge is 0.340 e. The summed E-state index contributed by atoms with van der Waals surface area (Å²) in [6, 6.07) is 0.210. The van der Waals surface area contributed by atoms with Crippen molar-refractivity contribution in [2.75, 3.05) is 19.6 Å². The number of halogens is 1. The Morgan fingerprint density at radius 1 is 1.32 bits per heavy atom. The lowest BCUT2D eigenvalue weighted by Gasteiger charge is -2.36. The molecular weight excluding hydrogens is 247 g/mol. The van der Waals surface area contributed by atoms with Crippen LogP contribution in [0.3, 0.4) is 0 Å². The highest BCUT2D eigenvalue weighted by Crippen LogP contribution is 2.40. The number of carbonyl (C=O) groups is 2. The van der Waals surface area contributed by atoms with Crippen LogP contribution >= 0.6 is 0 Å². The third kappa shape index (κ3) is 1.85. The molecule has 3 fully saturated rings. The third-order valence-corrected chi connectivity index (χ3v) is 4.91. The van der Waals surface area contributed by atoms with E-state index in [1.165, 1.54) is 0 Å². The number of rotatable bonds is 2. The minimum atomic E-state index is -1.63. The summed E-state index contributed by atoms with van der Waals surface area (Å²) in [5.41, 5.74) is -1.63. The molecule has 0 spiro atoms. The van der Waals surface area contributed by atoms with Gasteiger partial charge in [0, 0.05) is 31.6 Å². The summed E-state index contributed by atoms with van der Waals surface area (Å²) in [7, 11) is 0. The molecule has 0 aromatic heterocycles. The molecule has 2 heterocycles. The van der Waals surface area contributed by atoms with Crippen molar-refractivity contribution in [3.63, 3.8) is 0 Å². The van der Waals surface area contributed by atoms with Gasteiger partial charge in [-0.15, -0.1) is 0 Å². The van der Waals surface area contributed by atoms with Gasteiger partial charge in [-0.25, -0.2) is 4.39 Å². The van der Waals surface area contributed by atoms with Crippen molar-refractivity contribution in [3.8, 4) is 0 Å². The van der Waals surface area contributed by atoms with E-state index in [-0.39, 0.29) is 29.7 Å². The summed E-state index contributed by atoms with van der Waals surface area (Å²) < 4.78 is 14.1. The first-order valence-electron chi connectivity index (χ1n) is 7.21. The van der Waals surface area contributed by atoms with Crippen molar-refractivity contribution >= 4 is 11.8 Å². The van der Waals surface area contributed by atoms with Crippen LogP contribution in [0.4, 0.5) is 4.39 Å². The first kappa shape index (κ1) is 12.9. The van der Waals surface area contributed by atoms with Crippen LogP contribution in [-0.4, -0.2) is 53.0 Å². The number of hydrogen-bond donors (Lipinski definition) is 0. The summed E-state index contributed by atoms with van der Waals surface area (Å²) in [5, 5.41) is 0. The molecule has 19 heavy (non-hydrogen) atoms. The maximum atomic E-state index is 14.1. The molecule has 3 aliphatic rings. The van der Waals surface area contributed by atoms with Crippen LogP contribution in [0.1, 0.15) is 33.1 Å². The highest BCUT2D eigenvalue weighted by molar-refractivity contribution is 5.89. The van der Waals surface area contributed by atoms with Gasteiger partial charge in [-0.1, -0.05) is 0 Å². The second-order valence-corrected chi connectivity index (χ2v) is 6.48. The molecule has 2 amide bonds. The summed E-state index contributed by atoms with van der Waals surface area (Å²) in [4.78, 5) is 27.8. The van der Waals surface area contributed by atoms with Gasteiger partial charge in [0.25, 0.3) is 5.91 Å². The third-order valence-electron chi connectivity index (χ3n) is 4.91. The average Bonchev–Trinajstić information content (AvgIpc) is 2.85. The second kappa shape index (κ2) is 4.18. The van der Waals surface area contributed by atoms with Crippen LogP contribution in [0.15, 0.2) is 0 Å². The molecule has 0 radical (unpaired) electrons. The fourth-order valence-electron chi connectivity index (χ4n) is 3.51. The SMILES string of the molecule is CC(C)N1C[C@@H]2CN(C(=O)C3(F)CCC3)C[C@@H]2C1=O. The fourth-order valence-corrected chi connectivity index (χ4v) is 3.51. The van der Waals surface area contributed by atoms with Crippen molar-refractivity contribution < 1.29 is 14.0 Å². The van der Waals surface area contributed by atoms with Crippen molar-refractivity contribution in [1.82, 2.24) is 9.80 Å². The Labute approximate surface area is 112 Å². The quantitative estimate of drug-likeness (QED) is 0.755. The van der Waals surface area contributed by atoms with Crippen LogP contribution in [-0.2, 0) is 9.59 Å². The van der Waals surface area contributed by atoms with E-state index < -0.39 is 5.67 Å². The molecule has 2 saturated heterocycles. The molecule has 2 atom stereocenters. The zero-order chi connectivity index (χ0) is 13.8. The number of fused-ring (bicyclic) bond motifs is 1. The highest BCUT2D eigenvalue weighted by Gasteiger charge is 2.53. The van der Waals surface area contributed by atoms with Gasteiger partial charge in [-0.05, 0) is 33.1 Å². The molecule has 4 nitrogen and oxygen atoms in total. The summed E-state index contributed by atoms with van der Waals surface area (Å²) in [6.07, 6.45) is 1.50. The van der Waals surface area contributed by atoms with Crippen LogP contribution in [0, 0.1) is 11.8 Å². The zero-order valence-electron chi connectivity index (χ0n) is 11.6. The molecule has 1 saturated carbocycles. The van der Waals surface area contributed by atoms with Crippen LogP contribution in [0.25, 0.3) is 0 Å². The van der Waals surface area contributed by atoms with Crippen LogP contribution in [0.2, 0.25) is 0 Å². The number of amides is 2. The number of carbonyl (C=O) groups excluding carboxylic acids is 2. The molecule has 0 N–H and O–H groups in total. The van der Waals surface area contributed by atoms with E-state index in [1.807, 2.05) is 18.7 Å². The normalized spacial score (nSPS) is 32.7. The van der Waals surface area contributed by atoms with Gasteiger partial charge in [0.1, 0.15) is 0 Å². The maximum Gasteiger partial charge on any atom is 0.260 e. The molecule has 5 heteroatoms. The Morgan fingerprint density at radius 2 is 2.00 bits per heavy atom. The number of alkyl halides is 1. The topological polar surface area (TPSA) is 40.6 Å². The first-order chi connectivity index (χ1) is 8.92. The summed E-state index contributed by atoms with van der Waals surface area (Å²) >= 11 is 0. The molecule has 106 valence electrons.